The van der Waals surface area contributed by atoms with Crippen LogP contribution >= 0.6 is 23.4 Å². The zero-order chi connectivity index (χ0) is 17.6. The van der Waals surface area contributed by atoms with Gasteiger partial charge in [0, 0.05) is 39.7 Å². The van der Waals surface area contributed by atoms with E-state index in [-0.39, 0.29) is 5.41 Å². The number of likely N-dealkylation sites (tertiary alicyclic amines) is 1. The number of aryl methyl sites for hydroxylation is 1. The van der Waals surface area contributed by atoms with Crippen molar-refractivity contribution < 1.29 is 4.79 Å². The molecule has 0 saturated carbocycles. The summed E-state index contributed by atoms with van der Waals surface area (Å²) in [5, 5.41) is 0.768. The second kappa shape index (κ2) is 6.37. The zero-order valence-electron chi connectivity index (χ0n) is 14.6. The van der Waals surface area contributed by atoms with E-state index in [0.717, 1.165) is 24.3 Å². The maximum absolute atomic E-state index is 12.1. The van der Waals surface area contributed by atoms with Crippen LogP contribution in [0.5, 0.6) is 0 Å². The molecule has 1 unspecified atom stereocenters. The summed E-state index contributed by atoms with van der Waals surface area (Å²) in [6.45, 7) is 2.34. The van der Waals surface area contributed by atoms with Gasteiger partial charge in [0.15, 0.2) is 0 Å². The average Bonchev–Trinajstić information content (AvgIpc) is 2.60. The quantitative estimate of drug-likeness (QED) is 0.712. The monoisotopic (exact) mass is 371 g/mol. The topological polar surface area (TPSA) is 20.3 Å². The fourth-order valence-corrected chi connectivity index (χ4v) is 5.47. The normalized spacial score (nSPS) is 25.5. The minimum absolute atomic E-state index is 0.0830. The summed E-state index contributed by atoms with van der Waals surface area (Å²) in [5.41, 5.74) is 2.96. The fourth-order valence-electron chi connectivity index (χ4n) is 4.47. The number of carbonyl (C=O) groups excluding carboxylic acids is 1. The molecule has 1 aliphatic carbocycles. The van der Waals surface area contributed by atoms with Crippen LogP contribution in [-0.4, -0.2) is 23.9 Å². The van der Waals surface area contributed by atoms with Gasteiger partial charge in [-0.25, -0.2) is 0 Å². The van der Waals surface area contributed by atoms with Crippen LogP contribution in [0, 0.1) is 0 Å². The molecule has 0 spiro atoms. The van der Waals surface area contributed by atoms with Gasteiger partial charge in [-0.3, -0.25) is 4.79 Å². The number of amides is 1. The van der Waals surface area contributed by atoms with E-state index in [2.05, 4.69) is 37.3 Å². The highest BCUT2D eigenvalue weighted by Gasteiger charge is 2.46. The number of carbonyl (C=O) groups is 1. The van der Waals surface area contributed by atoms with E-state index in [9.17, 15) is 4.79 Å². The van der Waals surface area contributed by atoms with Gasteiger partial charge in [0.25, 0.3) is 0 Å². The lowest BCUT2D eigenvalue weighted by Crippen LogP contribution is -2.56. The van der Waals surface area contributed by atoms with E-state index < -0.39 is 0 Å². The van der Waals surface area contributed by atoms with E-state index in [1.165, 1.54) is 20.9 Å². The Balaban J connectivity index is 1.64. The van der Waals surface area contributed by atoms with E-state index in [1.807, 2.05) is 24.1 Å². The first-order chi connectivity index (χ1) is 12.0. The summed E-state index contributed by atoms with van der Waals surface area (Å²) < 4.78 is 0. The van der Waals surface area contributed by atoms with Crippen molar-refractivity contribution in [2.45, 2.75) is 53.9 Å². The second-order valence-corrected chi connectivity index (χ2v) is 8.93. The van der Waals surface area contributed by atoms with Gasteiger partial charge < -0.3 is 4.90 Å². The van der Waals surface area contributed by atoms with Gasteiger partial charge in [-0.15, -0.1) is 0 Å². The molecule has 1 heterocycles. The van der Waals surface area contributed by atoms with Gasteiger partial charge in [0.2, 0.25) is 5.91 Å². The molecule has 1 fully saturated rings. The van der Waals surface area contributed by atoms with Crippen LogP contribution in [0.25, 0.3) is 0 Å². The Kier molecular flexibility index (Phi) is 4.33. The number of nitrogens with zero attached hydrogens (tertiary/aromatic N) is 1. The highest BCUT2D eigenvalue weighted by molar-refractivity contribution is 7.99. The van der Waals surface area contributed by atoms with Crippen molar-refractivity contribution >= 4 is 29.3 Å². The molecular formula is C21H22ClNOS. The Bertz CT molecular complexity index is 819. The van der Waals surface area contributed by atoms with Gasteiger partial charge in [0.05, 0.1) is 0 Å². The molecule has 1 amide bonds. The van der Waals surface area contributed by atoms with Crippen LogP contribution < -0.4 is 0 Å². The smallest absolute Gasteiger partial charge is 0.222 e. The SMILES string of the molecule is CN1C(=O)CC[C@]2(C)c3ccc(Sc4ccc(Cl)cc4)cc3CCC12. The molecule has 0 bridgehead atoms. The molecule has 0 N–H and O–H groups in total. The van der Waals surface area contributed by atoms with Crippen LogP contribution in [-0.2, 0) is 16.6 Å². The maximum Gasteiger partial charge on any atom is 0.222 e. The first-order valence-electron chi connectivity index (χ1n) is 8.80. The summed E-state index contributed by atoms with van der Waals surface area (Å²) in [4.78, 5) is 16.6. The van der Waals surface area contributed by atoms with Crippen molar-refractivity contribution in [2.75, 3.05) is 7.05 Å². The number of halogens is 1. The van der Waals surface area contributed by atoms with Crippen molar-refractivity contribution in [2.24, 2.45) is 0 Å². The van der Waals surface area contributed by atoms with E-state index >= 15 is 0 Å². The summed E-state index contributed by atoms with van der Waals surface area (Å²) in [7, 11) is 1.97. The number of rotatable bonds is 2. The highest BCUT2D eigenvalue weighted by Crippen LogP contribution is 2.46. The third-order valence-electron chi connectivity index (χ3n) is 5.88. The Hall–Kier alpha value is -1.45. The number of benzene rings is 2. The molecule has 2 aromatic carbocycles. The molecule has 1 aliphatic heterocycles. The average molecular weight is 372 g/mol. The molecule has 1 saturated heterocycles. The highest BCUT2D eigenvalue weighted by atomic mass is 35.5. The van der Waals surface area contributed by atoms with E-state index in [1.54, 1.807) is 11.8 Å². The number of hydrogen-bond acceptors (Lipinski definition) is 2. The zero-order valence-corrected chi connectivity index (χ0v) is 16.2. The van der Waals surface area contributed by atoms with Crippen LogP contribution in [0.2, 0.25) is 5.02 Å². The minimum Gasteiger partial charge on any atom is -0.342 e. The standard InChI is InChI=1S/C21H22ClNOS/c1-21-12-11-20(24)23(2)19(21)10-3-14-13-17(8-9-18(14)21)25-16-6-4-15(22)5-7-16/h4-9,13,19H,3,10-12H2,1-2H3/t19?,21-/m1/s1. The van der Waals surface area contributed by atoms with Crippen LogP contribution in [0.4, 0.5) is 0 Å². The third kappa shape index (κ3) is 2.98. The molecule has 25 heavy (non-hydrogen) atoms. The summed E-state index contributed by atoms with van der Waals surface area (Å²) in [5.74, 6) is 0.292. The first-order valence-corrected chi connectivity index (χ1v) is 9.99. The molecule has 4 rings (SSSR count). The third-order valence-corrected chi connectivity index (χ3v) is 7.13. The molecule has 0 aromatic heterocycles. The summed E-state index contributed by atoms with van der Waals surface area (Å²) in [6.07, 6.45) is 3.71. The number of fused-ring (bicyclic) bond motifs is 3. The summed E-state index contributed by atoms with van der Waals surface area (Å²) in [6, 6.07) is 15.2. The molecular weight excluding hydrogens is 350 g/mol. The van der Waals surface area contributed by atoms with Crippen molar-refractivity contribution in [1.29, 1.82) is 0 Å². The molecule has 130 valence electrons. The maximum atomic E-state index is 12.1. The van der Waals surface area contributed by atoms with Crippen LogP contribution in [0.1, 0.15) is 37.3 Å². The lowest BCUT2D eigenvalue weighted by atomic mass is 9.63. The lowest BCUT2D eigenvalue weighted by Gasteiger charge is -2.50. The molecule has 0 radical (unpaired) electrons. The van der Waals surface area contributed by atoms with Crippen molar-refractivity contribution in [3.63, 3.8) is 0 Å². The Morgan fingerprint density at radius 2 is 1.84 bits per heavy atom. The predicted molar refractivity (Wildman–Crippen MR) is 103 cm³/mol. The molecule has 4 heteroatoms. The largest absolute Gasteiger partial charge is 0.342 e. The summed E-state index contributed by atoms with van der Waals surface area (Å²) >= 11 is 7.75. The first kappa shape index (κ1) is 17.0. The Morgan fingerprint density at radius 3 is 2.60 bits per heavy atom. The molecule has 2 nitrogen and oxygen atoms in total. The van der Waals surface area contributed by atoms with Crippen LogP contribution in [0.15, 0.2) is 52.3 Å². The van der Waals surface area contributed by atoms with E-state index in [4.69, 9.17) is 11.6 Å². The molecule has 2 atom stereocenters. The van der Waals surface area contributed by atoms with Gasteiger partial charge in [0.1, 0.15) is 0 Å². The Labute approximate surface area is 158 Å². The second-order valence-electron chi connectivity index (χ2n) is 7.35. The van der Waals surface area contributed by atoms with Crippen molar-refractivity contribution in [3.8, 4) is 0 Å². The fraction of sp³-hybridized carbons (Fsp3) is 0.381. The lowest BCUT2D eigenvalue weighted by molar-refractivity contribution is -0.138. The van der Waals surface area contributed by atoms with Gasteiger partial charge in [-0.05, 0) is 66.8 Å². The number of hydrogen-bond donors (Lipinski definition) is 0. The predicted octanol–water partition coefficient (Wildman–Crippen LogP) is 5.32. The molecule has 2 aromatic rings. The Morgan fingerprint density at radius 1 is 1.12 bits per heavy atom. The van der Waals surface area contributed by atoms with Gasteiger partial charge in [-0.1, -0.05) is 36.4 Å². The van der Waals surface area contributed by atoms with Gasteiger partial charge in [-0.2, -0.15) is 0 Å². The van der Waals surface area contributed by atoms with Gasteiger partial charge >= 0.3 is 0 Å². The van der Waals surface area contributed by atoms with Crippen molar-refractivity contribution in [3.05, 3.63) is 58.6 Å². The number of piperidine rings is 1. The molecule has 2 aliphatic rings. The number of likely N-dealkylation sites (N-methyl/N-ethyl adjacent to an activating group) is 1. The van der Waals surface area contributed by atoms with Crippen molar-refractivity contribution in [1.82, 2.24) is 4.90 Å². The minimum atomic E-state index is 0.0830. The van der Waals surface area contributed by atoms with Crippen LogP contribution in [0.3, 0.4) is 0 Å². The van der Waals surface area contributed by atoms with E-state index in [0.29, 0.717) is 18.4 Å².